The van der Waals surface area contributed by atoms with E-state index in [1.54, 1.807) is 14.2 Å². The maximum absolute atomic E-state index is 5.48. The molecule has 3 aromatic rings. The fourth-order valence-electron chi connectivity index (χ4n) is 3.13. The van der Waals surface area contributed by atoms with Crippen LogP contribution < -0.4 is 9.47 Å². The SMILES string of the molecule is COc1ccc(Cc2noc([C@@H]3C[C@H]3c3cnn(C)c3)n2)cc1OC. The topological polar surface area (TPSA) is 75.2 Å². The summed E-state index contributed by atoms with van der Waals surface area (Å²) in [6, 6.07) is 5.80. The average molecular weight is 340 g/mol. The molecule has 2 atom stereocenters. The molecular formula is C18H20N4O3. The number of aromatic nitrogens is 4. The number of rotatable bonds is 6. The molecule has 0 bridgehead atoms. The molecule has 7 heteroatoms. The van der Waals surface area contributed by atoms with Crippen LogP contribution in [0.5, 0.6) is 11.5 Å². The van der Waals surface area contributed by atoms with Crippen LogP contribution in [0.25, 0.3) is 0 Å². The molecule has 0 radical (unpaired) electrons. The van der Waals surface area contributed by atoms with Crippen molar-refractivity contribution < 1.29 is 14.0 Å². The van der Waals surface area contributed by atoms with Gasteiger partial charge in [-0.3, -0.25) is 4.68 Å². The summed E-state index contributed by atoms with van der Waals surface area (Å²) < 4.78 is 17.9. The van der Waals surface area contributed by atoms with Gasteiger partial charge in [0.15, 0.2) is 17.3 Å². The van der Waals surface area contributed by atoms with E-state index in [9.17, 15) is 0 Å². The summed E-state index contributed by atoms with van der Waals surface area (Å²) in [5.41, 5.74) is 2.27. The van der Waals surface area contributed by atoms with Crippen molar-refractivity contribution in [3.8, 4) is 11.5 Å². The molecule has 1 saturated carbocycles. The normalized spacial score (nSPS) is 19.0. The number of hydrogen-bond acceptors (Lipinski definition) is 6. The molecule has 0 spiro atoms. The van der Waals surface area contributed by atoms with Gasteiger partial charge >= 0.3 is 0 Å². The summed E-state index contributed by atoms with van der Waals surface area (Å²) in [6.45, 7) is 0. The van der Waals surface area contributed by atoms with E-state index in [2.05, 4.69) is 15.2 Å². The lowest BCUT2D eigenvalue weighted by atomic mass is 10.1. The molecule has 1 aliphatic rings. The highest BCUT2D eigenvalue weighted by Gasteiger charge is 2.44. The molecular weight excluding hydrogens is 320 g/mol. The van der Waals surface area contributed by atoms with Crippen LogP contribution in [0.3, 0.4) is 0 Å². The predicted molar refractivity (Wildman–Crippen MR) is 90.0 cm³/mol. The summed E-state index contributed by atoms with van der Waals surface area (Å²) in [5.74, 6) is 3.53. The zero-order valence-electron chi connectivity index (χ0n) is 14.5. The van der Waals surface area contributed by atoms with Crippen molar-refractivity contribution in [3.05, 3.63) is 53.4 Å². The maximum atomic E-state index is 5.48. The van der Waals surface area contributed by atoms with Gasteiger partial charge in [-0.2, -0.15) is 10.1 Å². The highest BCUT2D eigenvalue weighted by atomic mass is 16.5. The first-order chi connectivity index (χ1) is 12.2. The van der Waals surface area contributed by atoms with E-state index in [1.807, 2.05) is 42.3 Å². The molecule has 1 fully saturated rings. The smallest absolute Gasteiger partial charge is 0.230 e. The second kappa shape index (κ2) is 6.23. The number of benzene rings is 1. The van der Waals surface area contributed by atoms with E-state index in [0.717, 1.165) is 12.0 Å². The molecule has 1 aliphatic carbocycles. The molecule has 0 unspecified atom stereocenters. The minimum Gasteiger partial charge on any atom is -0.493 e. The fraction of sp³-hybridized carbons (Fsp3) is 0.389. The Morgan fingerprint density at radius 2 is 2.04 bits per heavy atom. The third-order valence-electron chi connectivity index (χ3n) is 4.55. The first-order valence-electron chi connectivity index (χ1n) is 8.20. The molecule has 130 valence electrons. The number of ether oxygens (including phenoxy) is 2. The van der Waals surface area contributed by atoms with Crippen molar-refractivity contribution in [2.45, 2.75) is 24.7 Å². The Morgan fingerprint density at radius 1 is 1.20 bits per heavy atom. The molecule has 0 aliphatic heterocycles. The van der Waals surface area contributed by atoms with Crippen LogP contribution in [0.4, 0.5) is 0 Å². The molecule has 25 heavy (non-hydrogen) atoms. The van der Waals surface area contributed by atoms with Gasteiger partial charge in [-0.25, -0.2) is 0 Å². The van der Waals surface area contributed by atoms with Crippen LogP contribution in [-0.4, -0.2) is 34.1 Å². The van der Waals surface area contributed by atoms with E-state index in [0.29, 0.717) is 41.5 Å². The molecule has 0 saturated heterocycles. The molecule has 1 aromatic carbocycles. The zero-order valence-corrected chi connectivity index (χ0v) is 14.5. The molecule has 7 nitrogen and oxygen atoms in total. The van der Waals surface area contributed by atoms with Crippen LogP contribution in [0.15, 0.2) is 35.1 Å². The number of methoxy groups -OCH3 is 2. The van der Waals surface area contributed by atoms with Gasteiger partial charge in [-0.05, 0) is 35.6 Å². The fourth-order valence-corrected chi connectivity index (χ4v) is 3.13. The third-order valence-corrected chi connectivity index (χ3v) is 4.55. The Morgan fingerprint density at radius 3 is 2.76 bits per heavy atom. The summed E-state index contributed by atoms with van der Waals surface area (Å²) in [4.78, 5) is 4.57. The van der Waals surface area contributed by atoms with Crippen molar-refractivity contribution in [1.29, 1.82) is 0 Å². The van der Waals surface area contributed by atoms with Gasteiger partial charge in [0.2, 0.25) is 5.89 Å². The highest BCUT2D eigenvalue weighted by Crippen LogP contribution is 2.53. The molecule has 2 aromatic heterocycles. The van der Waals surface area contributed by atoms with E-state index >= 15 is 0 Å². The van der Waals surface area contributed by atoms with Crippen LogP contribution in [0.1, 0.15) is 41.1 Å². The summed E-state index contributed by atoms with van der Waals surface area (Å²) in [7, 11) is 5.17. The Balaban J connectivity index is 1.46. The number of hydrogen-bond donors (Lipinski definition) is 0. The van der Waals surface area contributed by atoms with Crippen LogP contribution in [-0.2, 0) is 13.5 Å². The van der Waals surface area contributed by atoms with Crippen molar-refractivity contribution in [3.63, 3.8) is 0 Å². The Hall–Kier alpha value is -2.83. The maximum Gasteiger partial charge on any atom is 0.230 e. The van der Waals surface area contributed by atoms with E-state index in [1.165, 1.54) is 5.56 Å². The zero-order chi connectivity index (χ0) is 17.4. The lowest BCUT2D eigenvalue weighted by Crippen LogP contribution is -1.95. The minimum absolute atomic E-state index is 0.302. The summed E-state index contributed by atoms with van der Waals surface area (Å²) in [6.07, 6.45) is 5.58. The monoisotopic (exact) mass is 340 g/mol. The van der Waals surface area contributed by atoms with Crippen molar-refractivity contribution in [2.75, 3.05) is 14.2 Å². The first-order valence-corrected chi connectivity index (χ1v) is 8.20. The van der Waals surface area contributed by atoms with E-state index in [4.69, 9.17) is 14.0 Å². The second-order valence-electron chi connectivity index (χ2n) is 6.31. The van der Waals surface area contributed by atoms with Crippen LogP contribution in [0.2, 0.25) is 0 Å². The standard InChI is InChI=1S/C18H20N4O3/c1-22-10-12(9-19-22)13-8-14(13)18-20-17(21-25-18)7-11-4-5-15(23-2)16(6-11)24-3/h4-6,9-10,13-14H,7-8H2,1-3H3/t13-,14+/m0/s1. The van der Waals surface area contributed by atoms with Gasteiger partial charge < -0.3 is 14.0 Å². The van der Waals surface area contributed by atoms with Gasteiger partial charge in [0.25, 0.3) is 0 Å². The molecule has 0 N–H and O–H groups in total. The number of nitrogens with zero attached hydrogens (tertiary/aromatic N) is 4. The van der Waals surface area contributed by atoms with Crippen molar-refractivity contribution in [1.82, 2.24) is 19.9 Å². The van der Waals surface area contributed by atoms with Crippen molar-refractivity contribution in [2.24, 2.45) is 7.05 Å². The number of aryl methyl sites for hydroxylation is 1. The lowest BCUT2D eigenvalue weighted by molar-refractivity contribution is 0.354. The molecule has 0 amide bonds. The third kappa shape index (κ3) is 3.09. The Kier molecular flexibility index (Phi) is 3.91. The lowest BCUT2D eigenvalue weighted by Gasteiger charge is -2.08. The minimum atomic E-state index is 0.302. The largest absolute Gasteiger partial charge is 0.493 e. The predicted octanol–water partition coefficient (Wildman–Crippen LogP) is 2.68. The van der Waals surface area contributed by atoms with E-state index in [-0.39, 0.29) is 0 Å². The highest BCUT2D eigenvalue weighted by molar-refractivity contribution is 5.43. The average Bonchev–Trinajstić information content (AvgIpc) is 3.08. The summed E-state index contributed by atoms with van der Waals surface area (Å²) in [5, 5.41) is 8.35. The van der Waals surface area contributed by atoms with Gasteiger partial charge in [0, 0.05) is 25.6 Å². The van der Waals surface area contributed by atoms with Crippen molar-refractivity contribution >= 4 is 0 Å². The van der Waals surface area contributed by atoms with E-state index < -0.39 is 0 Å². The van der Waals surface area contributed by atoms with Crippen LogP contribution in [0, 0.1) is 0 Å². The summed E-state index contributed by atoms with van der Waals surface area (Å²) >= 11 is 0. The Bertz CT molecular complexity index is 886. The van der Waals surface area contributed by atoms with Gasteiger partial charge in [-0.15, -0.1) is 0 Å². The van der Waals surface area contributed by atoms with Crippen LogP contribution >= 0.6 is 0 Å². The molecule has 2 heterocycles. The Labute approximate surface area is 145 Å². The van der Waals surface area contributed by atoms with Gasteiger partial charge in [-0.1, -0.05) is 11.2 Å². The first kappa shape index (κ1) is 15.7. The van der Waals surface area contributed by atoms with Gasteiger partial charge in [0.1, 0.15) is 0 Å². The molecule has 4 rings (SSSR count). The van der Waals surface area contributed by atoms with Gasteiger partial charge in [0.05, 0.1) is 20.4 Å². The second-order valence-corrected chi connectivity index (χ2v) is 6.31. The quantitative estimate of drug-likeness (QED) is 0.687.